The predicted octanol–water partition coefficient (Wildman–Crippen LogP) is 8.83. The number of carbonyl (C=O) groups is 2. The molecule has 1 N–H and O–H groups in total. The van der Waals surface area contributed by atoms with Crippen LogP contribution in [-0.4, -0.2) is 103 Å². The first-order valence-corrected chi connectivity index (χ1v) is 22.9. The number of hydrogen-bond acceptors (Lipinski definition) is 10. The van der Waals surface area contributed by atoms with Crippen molar-refractivity contribution < 1.29 is 33.6 Å². The van der Waals surface area contributed by atoms with E-state index in [-0.39, 0.29) is 25.0 Å². The second-order valence-corrected chi connectivity index (χ2v) is 18.3. The highest BCUT2D eigenvalue weighted by atomic mass is 16.7. The molecule has 3 aromatic carbocycles. The minimum absolute atomic E-state index is 0.228. The maximum Gasteiger partial charge on any atom is 0.376 e. The van der Waals surface area contributed by atoms with E-state index < -0.39 is 30.4 Å². The molecule has 4 aliphatic rings. The Kier molecular flexibility index (Phi) is 15.2. The summed E-state index contributed by atoms with van der Waals surface area (Å²) in [6.07, 6.45) is 8.39. The summed E-state index contributed by atoms with van der Waals surface area (Å²) < 4.78 is 25.8. The molecule has 0 unspecified atom stereocenters. The molecule has 5 atom stereocenters. The van der Waals surface area contributed by atoms with Gasteiger partial charge in [0.25, 0.3) is 0 Å². The van der Waals surface area contributed by atoms with Gasteiger partial charge in [-0.15, -0.1) is 0 Å². The third-order valence-corrected chi connectivity index (χ3v) is 13.7. The Morgan fingerprint density at radius 2 is 1.61 bits per heavy atom. The summed E-state index contributed by atoms with van der Waals surface area (Å²) in [5, 5.41) is 10.0. The van der Waals surface area contributed by atoms with Gasteiger partial charge in [-0.1, -0.05) is 94.4 Å². The zero-order valence-electron chi connectivity index (χ0n) is 37.6. The van der Waals surface area contributed by atoms with Crippen molar-refractivity contribution in [1.29, 1.82) is 0 Å². The molecule has 7 rings (SSSR count). The van der Waals surface area contributed by atoms with Gasteiger partial charge in [0.2, 0.25) is 18.3 Å². The number of carbonyl (C=O) groups excluding carboxylic acids is 2. The minimum atomic E-state index is -1.08. The van der Waals surface area contributed by atoms with Gasteiger partial charge in [-0.25, -0.2) is 14.6 Å². The molecule has 3 fully saturated rings. The van der Waals surface area contributed by atoms with E-state index in [0.29, 0.717) is 41.8 Å². The molecule has 0 aliphatic carbocycles. The van der Waals surface area contributed by atoms with E-state index in [1.165, 1.54) is 61.0 Å². The molecule has 0 radical (unpaired) electrons. The maximum atomic E-state index is 13.7. The monoisotopic (exact) mass is 843 g/mol. The summed E-state index contributed by atoms with van der Waals surface area (Å²) in [5.41, 5.74) is 6.92. The zero-order valence-corrected chi connectivity index (χ0v) is 37.6. The van der Waals surface area contributed by atoms with Gasteiger partial charge >= 0.3 is 19.0 Å². The summed E-state index contributed by atoms with van der Waals surface area (Å²) in [6, 6.07) is 24.3. The molecule has 0 aromatic heterocycles. The van der Waals surface area contributed by atoms with Crippen LogP contribution in [0.25, 0.3) is 6.08 Å². The quantitative estimate of drug-likeness (QED) is 0.126. The lowest BCUT2D eigenvalue weighted by Crippen LogP contribution is -2.57. The van der Waals surface area contributed by atoms with Crippen LogP contribution in [-0.2, 0) is 25.4 Å². The third-order valence-electron chi connectivity index (χ3n) is 13.7. The van der Waals surface area contributed by atoms with Crippen molar-refractivity contribution in [2.75, 3.05) is 39.3 Å². The molecular formula is C51H66BN3O7. The van der Waals surface area contributed by atoms with Gasteiger partial charge in [-0.3, -0.25) is 0 Å². The Morgan fingerprint density at radius 1 is 0.952 bits per heavy atom. The van der Waals surface area contributed by atoms with Crippen LogP contribution < -0.4 is 0 Å². The van der Waals surface area contributed by atoms with Crippen molar-refractivity contribution in [2.45, 2.75) is 111 Å². The van der Waals surface area contributed by atoms with Crippen LogP contribution in [0.15, 0.2) is 101 Å². The number of esters is 2. The van der Waals surface area contributed by atoms with Crippen LogP contribution in [0.2, 0.25) is 6.82 Å². The predicted molar refractivity (Wildman–Crippen MR) is 246 cm³/mol. The van der Waals surface area contributed by atoms with Crippen molar-refractivity contribution in [1.82, 2.24) is 9.71 Å². The van der Waals surface area contributed by atoms with Crippen LogP contribution in [0.3, 0.4) is 0 Å². The lowest BCUT2D eigenvalue weighted by Gasteiger charge is -2.48. The number of aryl methyl sites for hydroxylation is 1. The van der Waals surface area contributed by atoms with Gasteiger partial charge in [0.15, 0.2) is 6.10 Å². The number of ether oxygens (including phenoxy) is 4. The third kappa shape index (κ3) is 11.0. The molecule has 4 aliphatic heterocycles. The summed E-state index contributed by atoms with van der Waals surface area (Å²) in [4.78, 5) is 37.0. The lowest BCUT2D eigenvalue weighted by molar-refractivity contribution is -0.258. The van der Waals surface area contributed by atoms with E-state index >= 15 is 0 Å². The van der Waals surface area contributed by atoms with Crippen molar-refractivity contribution in [3.8, 4) is 0 Å². The van der Waals surface area contributed by atoms with Crippen LogP contribution in [0.5, 0.6) is 0 Å². The highest BCUT2D eigenvalue weighted by molar-refractivity contribution is 6.45. The standard InChI is InChI=1S/C51H66BN3O7/c1-7-44-37(5)45(60-48(56)39-18-10-8-11-19-39)46(61-49(57)40-20-12-9-13-21-40)50(59-44)62-47-42(43(33-53-47)35(2)3)32-41-23-22-38(31-36(41)4)17-14-15-27-54-28-16-24-51(34-54)25-29-55(30-26-51)52(6)58/h8-14,17-23,31,35,37,44-46,50,58H,7,15-16,24-30,32-34H2,1-6H3/b17-14+/t37-,44-,45+,46-,50+/m1/s1. The largest absolute Gasteiger partial charge is 0.454 e. The Hall–Kier alpha value is -4.55. The molecule has 62 heavy (non-hydrogen) atoms. The van der Waals surface area contributed by atoms with E-state index in [0.717, 1.165) is 31.6 Å². The number of rotatable bonds is 14. The van der Waals surface area contributed by atoms with Gasteiger partial charge < -0.3 is 33.7 Å². The summed E-state index contributed by atoms with van der Waals surface area (Å²) in [7, 11) is -0.352. The highest BCUT2D eigenvalue weighted by Crippen LogP contribution is 2.40. The summed E-state index contributed by atoms with van der Waals surface area (Å²) >= 11 is 0. The summed E-state index contributed by atoms with van der Waals surface area (Å²) in [6.45, 7) is 18.3. The number of nitrogens with zero attached hydrogens (tertiary/aromatic N) is 3. The molecule has 10 nitrogen and oxygen atoms in total. The van der Waals surface area contributed by atoms with E-state index in [1.807, 2.05) is 32.8 Å². The van der Waals surface area contributed by atoms with Crippen LogP contribution in [0.4, 0.5) is 0 Å². The Balaban J connectivity index is 1.04. The van der Waals surface area contributed by atoms with Crippen molar-refractivity contribution in [3.05, 3.63) is 124 Å². The fraction of sp³-hybridized carbons (Fsp3) is 0.510. The van der Waals surface area contributed by atoms with Gasteiger partial charge in [-0.2, -0.15) is 0 Å². The number of hydrogen-bond donors (Lipinski definition) is 1. The smallest absolute Gasteiger partial charge is 0.376 e. The molecule has 3 aromatic rings. The van der Waals surface area contributed by atoms with Crippen molar-refractivity contribution >= 4 is 31.0 Å². The van der Waals surface area contributed by atoms with E-state index in [1.54, 1.807) is 48.5 Å². The number of aliphatic imine (C=N–C) groups is 1. The fourth-order valence-corrected chi connectivity index (χ4v) is 9.82. The average molecular weight is 844 g/mol. The number of piperidine rings is 2. The number of benzene rings is 3. The molecule has 0 bridgehead atoms. The van der Waals surface area contributed by atoms with Gasteiger partial charge in [0.1, 0.15) is 0 Å². The zero-order chi connectivity index (χ0) is 43.8. The van der Waals surface area contributed by atoms with Crippen molar-refractivity contribution in [3.63, 3.8) is 0 Å². The second kappa shape index (κ2) is 20.8. The van der Waals surface area contributed by atoms with Gasteiger partial charge in [0.05, 0.1) is 23.8 Å². The van der Waals surface area contributed by atoms with Gasteiger partial charge in [0, 0.05) is 31.0 Å². The normalized spacial score (nSPS) is 24.4. The van der Waals surface area contributed by atoms with Crippen molar-refractivity contribution in [2.24, 2.45) is 22.2 Å². The molecule has 330 valence electrons. The first-order valence-electron chi connectivity index (χ1n) is 22.9. The topological polar surface area (TPSA) is 110 Å². The molecule has 1 spiro atoms. The summed E-state index contributed by atoms with van der Waals surface area (Å²) in [5.74, 6) is -0.669. The van der Waals surface area contributed by atoms with Gasteiger partial charge in [-0.05, 0) is 130 Å². The Labute approximate surface area is 369 Å². The first-order chi connectivity index (χ1) is 29.9. The van der Waals surface area contributed by atoms with E-state index in [9.17, 15) is 14.6 Å². The first kappa shape index (κ1) is 45.5. The lowest BCUT2D eigenvalue weighted by atomic mass is 9.69. The molecule has 0 saturated carbocycles. The molecule has 3 saturated heterocycles. The van der Waals surface area contributed by atoms with E-state index in [4.69, 9.17) is 23.9 Å². The molecule has 11 heteroatoms. The molecule has 4 heterocycles. The Morgan fingerprint density at radius 3 is 2.23 bits per heavy atom. The van der Waals surface area contributed by atoms with Crippen LogP contribution in [0.1, 0.15) is 104 Å². The number of likely N-dealkylation sites (tertiary alicyclic amines) is 1. The second-order valence-electron chi connectivity index (χ2n) is 18.3. The molecular weight excluding hydrogens is 777 g/mol. The SMILES string of the molecule is CC[C@H]1O[C@@H](OC2=NCC(C(C)C)=C2Cc2ccc(/C=C/CCN3CCCC4(CCN(B(C)O)CC4)C3)cc2C)[C@H](OC(=O)c2ccccc2)[C@@H](OC(=O)c2ccccc2)[C@@H]1C. The maximum absolute atomic E-state index is 13.7. The minimum Gasteiger partial charge on any atom is -0.454 e. The highest BCUT2D eigenvalue weighted by Gasteiger charge is 2.50. The fourth-order valence-electron chi connectivity index (χ4n) is 9.82. The van der Waals surface area contributed by atoms with E-state index in [2.05, 4.69) is 60.8 Å². The molecule has 0 amide bonds. The van der Waals surface area contributed by atoms with Crippen LogP contribution in [0, 0.1) is 24.2 Å². The average Bonchev–Trinajstić information content (AvgIpc) is 3.67. The van der Waals surface area contributed by atoms with Crippen LogP contribution >= 0.6 is 0 Å². The Bertz CT molecular complexity index is 2080.